The van der Waals surface area contributed by atoms with Crippen molar-refractivity contribution in [3.05, 3.63) is 70.1 Å². The van der Waals surface area contributed by atoms with Crippen LogP contribution in [0, 0.1) is 0 Å². The molecule has 2 amide bonds. The monoisotopic (exact) mass is 393 g/mol. The summed E-state index contributed by atoms with van der Waals surface area (Å²) in [7, 11) is 1.56. The van der Waals surface area contributed by atoms with E-state index in [4.69, 9.17) is 10.5 Å². The number of aliphatic imine (C=N–C) groups is 1. The van der Waals surface area contributed by atoms with Gasteiger partial charge in [0.05, 0.1) is 23.3 Å². The van der Waals surface area contributed by atoms with Crippen molar-refractivity contribution in [2.45, 2.75) is 19.4 Å². The molecule has 0 bridgehead atoms. The molecule has 0 aliphatic carbocycles. The molecule has 4 rings (SSSR count). The van der Waals surface area contributed by atoms with Crippen LogP contribution in [-0.4, -0.2) is 24.1 Å². The van der Waals surface area contributed by atoms with Crippen LogP contribution < -0.4 is 15.4 Å². The maximum absolute atomic E-state index is 13.3. The molecule has 142 valence electrons. The lowest BCUT2D eigenvalue weighted by Crippen LogP contribution is -2.31. The van der Waals surface area contributed by atoms with Crippen LogP contribution in [0.3, 0.4) is 0 Å². The number of para-hydroxylation sites is 1. The number of thioether (sulfide) groups is 1. The van der Waals surface area contributed by atoms with Gasteiger partial charge in [0, 0.05) is 5.56 Å². The third kappa shape index (κ3) is 2.88. The number of ether oxygens (including phenoxy) is 1. The molecule has 1 unspecified atom stereocenters. The van der Waals surface area contributed by atoms with Crippen molar-refractivity contribution in [3.8, 4) is 5.75 Å². The number of amidine groups is 1. The highest BCUT2D eigenvalue weighted by atomic mass is 32.2. The van der Waals surface area contributed by atoms with Gasteiger partial charge in [-0.1, -0.05) is 37.3 Å². The van der Waals surface area contributed by atoms with Gasteiger partial charge in [-0.3, -0.25) is 9.59 Å². The number of nitrogens with two attached hydrogens (primary N) is 1. The standard InChI is InChI=1S/C21H19N3O3S/c1-3-12-8-10-13(11-9-12)24-19(25)16-17(14-6-4-5-7-15(14)27-2)23-21(22)28-18(16)20(24)26/h4-11,17H,3H2,1-2H3,(H2,22,23). The van der Waals surface area contributed by atoms with Gasteiger partial charge in [-0.15, -0.1) is 0 Å². The predicted octanol–water partition coefficient (Wildman–Crippen LogP) is 3.19. The number of carbonyl (C=O) groups is 2. The van der Waals surface area contributed by atoms with E-state index < -0.39 is 6.04 Å². The van der Waals surface area contributed by atoms with Gasteiger partial charge in [0.25, 0.3) is 11.8 Å². The molecule has 6 nitrogen and oxygen atoms in total. The smallest absolute Gasteiger partial charge is 0.272 e. The van der Waals surface area contributed by atoms with Crippen LogP contribution in [0.4, 0.5) is 5.69 Å². The van der Waals surface area contributed by atoms with Crippen molar-refractivity contribution in [2.24, 2.45) is 10.7 Å². The minimum Gasteiger partial charge on any atom is -0.496 e. The fourth-order valence-electron chi connectivity index (χ4n) is 3.42. The van der Waals surface area contributed by atoms with E-state index in [-0.39, 0.29) is 17.0 Å². The van der Waals surface area contributed by atoms with Crippen molar-refractivity contribution >= 4 is 34.4 Å². The Labute approximate surface area is 167 Å². The average Bonchev–Trinajstić information content (AvgIpc) is 2.97. The molecule has 0 radical (unpaired) electrons. The van der Waals surface area contributed by atoms with Crippen LogP contribution in [0.1, 0.15) is 24.1 Å². The third-order valence-corrected chi connectivity index (χ3v) is 5.76. The Morgan fingerprint density at radius 3 is 2.50 bits per heavy atom. The predicted molar refractivity (Wildman–Crippen MR) is 110 cm³/mol. The van der Waals surface area contributed by atoms with Crippen LogP contribution >= 0.6 is 11.8 Å². The van der Waals surface area contributed by atoms with Crippen molar-refractivity contribution < 1.29 is 14.3 Å². The molecule has 7 heteroatoms. The molecular weight excluding hydrogens is 374 g/mol. The van der Waals surface area contributed by atoms with Gasteiger partial charge < -0.3 is 10.5 Å². The highest BCUT2D eigenvalue weighted by Crippen LogP contribution is 2.46. The number of hydrogen-bond acceptors (Lipinski definition) is 6. The molecular formula is C21H19N3O3S. The fraction of sp³-hybridized carbons (Fsp3) is 0.190. The normalized spacial score (nSPS) is 19.0. The van der Waals surface area contributed by atoms with Gasteiger partial charge in [0.15, 0.2) is 5.17 Å². The number of benzene rings is 2. The van der Waals surface area contributed by atoms with E-state index in [1.54, 1.807) is 25.3 Å². The van der Waals surface area contributed by atoms with Gasteiger partial charge in [-0.05, 0) is 41.9 Å². The van der Waals surface area contributed by atoms with Crippen LogP contribution in [0.25, 0.3) is 0 Å². The van der Waals surface area contributed by atoms with E-state index in [0.717, 1.165) is 23.7 Å². The highest BCUT2D eigenvalue weighted by Gasteiger charge is 2.46. The third-order valence-electron chi connectivity index (χ3n) is 4.85. The molecule has 0 spiro atoms. The molecule has 1 atom stereocenters. The number of rotatable bonds is 4. The van der Waals surface area contributed by atoms with Crippen molar-refractivity contribution in [2.75, 3.05) is 12.0 Å². The molecule has 0 aromatic heterocycles. The van der Waals surface area contributed by atoms with Gasteiger partial charge in [0.2, 0.25) is 0 Å². The van der Waals surface area contributed by atoms with E-state index in [1.165, 1.54) is 4.90 Å². The Morgan fingerprint density at radius 2 is 1.82 bits per heavy atom. The Hall–Kier alpha value is -3.06. The molecule has 2 N–H and O–H groups in total. The fourth-order valence-corrected chi connectivity index (χ4v) is 4.28. The number of carbonyl (C=O) groups excluding carboxylic acids is 2. The zero-order chi connectivity index (χ0) is 19.8. The minimum absolute atomic E-state index is 0.249. The first-order valence-corrected chi connectivity index (χ1v) is 9.72. The topological polar surface area (TPSA) is 85.0 Å². The quantitative estimate of drug-likeness (QED) is 0.807. The van der Waals surface area contributed by atoms with Crippen molar-refractivity contribution in [1.82, 2.24) is 0 Å². The maximum Gasteiger partial charge on any atom is 0.272 e. The second-order valence-electron chi connectivity index (χ2n) is 6.42. The molecule has 0 saturated heterocycles. The molecule has 2 heterocycles. The Balaban J connectivity index is 1.78. The van der Waals surface area contributed by atoms with Gasteiger partial charge in [0.1, 0.15) is 11.8 Å². The Kier molecular flexibility index (Phi) is 4.68. The summed E-state index contributed by atoms with van der Waals surface area (Å²) in [6.07, 6.45) is 0.882. The lowest BCUT2D eigenvalue weighted by Gasteiger charge is -2.21. The second-order valence-corrected chi connectivity index (χ2v) is 7.45. The average molecular weight is 393 g/mol. The zero-order valence-corrected chi connectivity index (χ0v) is 16.3. The highest BCUT2D eigenvalue weighted by molar-refractivity contribution is 8.18. The number of nitrogens with zero attached hydrogens (tertiary/aromatic N) is 2. The summed E-state index contributed by atoms with van der Waals surface area (Å²) in [5.74, 6) is -0.148. The Morgan fingerprint density at radius 1 is 1.11 bits per heavy atom. The maximum atomic E-state index is 13.3. The first-order valence-electron chi connectivity index (χ1n) is 8.91. The number of imide groups is 1. The largest absolute Gasteiger partial charge is 0.496 e. The number of aryl methyl sites for hydroxylation is 1. The molecule has 2 aliphatic heterocycles. The first-order chi connectivity index (χ1) is 13.5. The van der Waals surface area contributed by atoms with Crippen LogP contribution in [0.15, 0.2) is 64.0 Å². The van der Waals surface area contributed by atoms with Crippen LogP contribution in [-0.2, 0) is 16.0 Å². The van der Waals surface area contributed by atoms with Gasteiger partial charge in [-0.25, -0.2) is 9.89 Å². The van der Waals surface area contributed by atoms with E-state index in [2.05, 4.69) is 11.9 Å². The molecule has 0 saturated carbocycles. The lowest BCUT2D eigenvalue weighted by molar-refractivity contribution is -0.120. The summed E-state index contributed by atoms with van der Waals surface area (Å²) in [4.78, 5) is 32.3. The SMILES string of the molecule is CCc1ccc(N2C(=O)C3=C(C2=O)C(c2ccccc2OC)N=C(N)S3)cc1. The number of amides is 2. The van der Waals surface area contributed by atoms with E-state index in [9.17, 15) is 9.59 Å². The lowest BCUT2D eigenvalue weighted by atomic mass is 9.98. The molecule has 28 heavy (non-hydrogen) atoms. The summed E-state index contributed by atoms with van der Waals surface area (Å²) in [5, 5.41) is 0.249. The number of anilines is 1. The summed E-state index contributed by atoms with van der Waals surface area (Å²) in [5.41, 5.74) is 8.71. The van der Waals surface area contributed by atoms with Crippen LogP contribution in [0.5, 0.6) is 5.75 Å². The number of hydrogen-bond donors (Lipinski definition) is 1. The first kappa shape index (κ1) is 18.3. The van der Waals surface area contributed by atoms with Crippen LogP contribution in [0.2, 0.25) is 0 Å². The molecule has 2 aromatic carbocycles. The summed E-state index contributed by atoms with van der Waals surface area (Å²) < 4.78 is 5.43. The summed E-state index contributed by atoms with van der Waals surface area (Å²) in [6.45, 7) is 2.05. The minimum atomic E-state index is -0.677. The Bertz CT molecular complexity index is 1030. The van der Waals surface area contributed by atoms with E-state index in [0.29, 0.717) is 27.5 Å². The summed E-state index contributed by atoms with van der Waals surface area (Å²) in [6, 6.07) is 14.1. The molecule has 0 fully saturated rings. The van der Waals surface area contributed by atoms with Crippen molar-refractivity contribution in [1.29, 1.82) is 0 Å². The van der Waals surface area contributed by atoms with E-state index >= 15 is 0 Å². The molecule has 2 aliphatic rings. The number of methoxy groups -OCH3 is 1. The zero-order valence-electron chi connectivity index (χ0n) is 15.5. The van der Waals surface area contributed by atoms with Crippen molar-refractivity contribution in [3.63, 3.8) is 0 Å². The second kappa shape index (κ2) is 7.16. The summed E-state index contributed by atoms with van der Waals surface area (Å²) >= 11 is 1.04. The van der Waals surface area contributed by atoms with E-state index in [1.807, 2.05) is 30.3 Å². The van der Waals surface area contributed by atoms with Gasteiger partial charge >= 0.3 is 0 Å². The molecule has 2 aromatic rings. The van der Waals surface area contributed by atoms with Gasteiger partial charge in [-0.2, -0.15) is 0 Å².